The monoisotopic (exact) mass is 451 g/mol. The van der Waals surface area contributed by atoms with Crippen LogP contribution in [-0.2, 0) is 14.8 Å². The van der Waals surface area contributed by atoms with Gasteiger partial charge in [0.15, 0.2) is 5.82 Å². The Morgan fingerprint density at radius 2 is 1.81 bits per heavy atom. The minimum absolute atomic E-state index is 0.128. The van der Waals surface area contributed by atoms with Gasteiger partial charge in [-0.25, -0.2) is 18.1 Å². The molecule has 32 heavy (non-hydrogen) atoms. The molecule has 0 bridgehead atoms. The van der Waals surface area contributed by atoms with Crippen LogP contribution in [0.3, 0.4) is 0 Å². The number of sulfonamides is 1. The second-order valence-electron chi connectivity index (χ2n) is 8.29. The largest absolute Gasteiger partial charge is 0.366 e. The van der Waals surface area contributed by atoms with Gasteiger partial charge in [0.2, 0.25) is 10.0 Å². The minimum atomic E-state index is -3.61. The third-order valence-electron chi connectivity index (χ3n) is 5.33. The third-order valence-corrected chi connectivity index (χ3v) is 7.16. The number of nitrogens with zero attached hydrogens (tertiary/aromatic N) is 4. The number of carbonyl (C=O) groups is 1. The number of rotatable bonds is 6. The Balaban J connectivity index is 1.68. The lowest BCUT2D eigenvalue weighted by molar-refractivity contribution is -0.112. The standard InChI is InChI=1S/C23H25N5O3S/c1-15-7-16(2)9-19(8-15)23-25-14-27(26-23)13-21(22(24)29)18-5-4-6-20(10-18)32(30,31)28-11-17(3)12-28/h4-10,13-14,17H,11-12H2,1-3H3,(H2,24,29)/b21-13+. The fourth-order valence-electron chi connectivity index (χ4n) is 3.80. The van der Waals surface area contributed by atoms with Crippen LogP contribution in [0.4, 0.5) is 0 Å². The first-order valence-electron chi connectivity index (χ1n) is 10.3. The highest BCUT2D eigenvalue weighted by Crippen LogP contribution is 2.27. The van der Waals surface area contributed by atoms with E-state index in [4.69, 9.17) is 5.73 Å². The summed E-state index contributed by atoms with van der Waals surface area (Å²) in [7, 11) is -3.61. The number of carbonyl (C=O) groups excluding carboxylic acids is 1. The fraction of sp³-hybridized carbons (Fsp3) is 0.261. The predicted molar refractivity (Wildman–Crippen MR) is 123 cm³/mol. The van der Waals surface area contributed by atoms with E-state index in [1.54, 1.807) is 12.1 Å². The molecule has 0 spiro atoms. The quantitative estimate of drug-likeness (QED) is 0.579. The zero-order valence-electron chi connectivity index (χ0n) is 18.2. The fourth-order valence-corrected chi connectivity index (χ4v) is 5.52. The molecule has 1 amide bonds. The van der Waals surface area contributed by atoms with Crippen molar-refractivity contribution in [2.45, 2.75) is 25.7 Å². The van der Waals surface area contributed by atoms with Gasteiger partial charge in [-0.15, -0.1) is 5.10 Å². The van der Waals surface area contributed by atoms with Crippen LogP contribution in [-0.4, -0.2) is 46.5 Å². The predicted octanol–water partition coefficient (Wildman–Crippen LogP) is 2.69. The van der Waals surface area contributed by atoms with E-state index in [2.05, 4.69) is 16.1 Å². The van der Waals surface area contributed by atoms with Gasteiger partial charge in [0.1, 0.15) is 6.33 Å². The van der Waals surface area contributed by atoms with Crippen molar-refractivity contribution in [3.8, 4) is 11.4 Å². The van der Waals surface area contributed by atoms with Crippen molar-refractivity contribution in [1.82, 2.24) is 19.1 Å². The van der Waals surface area contributed by atoms with Crippen molar-refractivity contribution in [3.63, 3.8) is 0 Å². The molecule has 0 atom stereocenters. The van der Waals surface area contributed by atoms with Crippen LogP contribution in [0.5, 0.6) is 0 Å². The maximum Gasteiger partial charge on any atom is 0.250 e. The average Bonchev–Trinajstić information content (AvgIpc) is 3.17. The molecule has 1 fully saturated rings. The molecule has 1 aliphatic rings. The summed E-state index contributed by atoms with van der Waals surface area (Å²) in [4.78, 5) is 16.7. The first-order valence-corrected chi connectivity index (χ1v) is 11.7. The Morgan fingerprint density at radius 3 is 2.44 bits per heavy atom. The van der Waals surface area contributed by atoms with Gasteiger partial charge in [-0.2, -0.15) is 4.31 Å². The van der Waals surface area contributed by atoms with Gasteiger partial charge >= 0.3 is 0 Å². The Bertz CT molecular complexity index is 1300. The number of amides is 1. The molecular weight excluding hydrogens is 426 g/mol. The highest BCUT2D eigenvalue weighted by Gasteiger charge is 2.34. The van der Waals surface area contributed by atoms with E-state index in [-0.39, 0.29) is 10.5 Å². The second kappa shape index (κ2) is 8.33. The van der Waals surface area contributed by atoms with Crippen LogP contribution in [0.15, 0.2) is 53.7 Å². The topological polar surface area (TPSA) is 111 Å². The first kappa shape index (κ1) is 21.9. The summed E-state index contributed by atoms with van der Waals surface area (Å²) < 4.78 is 28.5. The van der Waals surface area contributed by atoms with Gasteiger partial charge in [-0.05, 0) is 49.6 Å². The SMILES string of the molecule is Cc1cc(C)cc(-c2ncn(/C=C(/C(N)=O)c3cccc(S(=O)(=O)N4CC(C)C4)c3)n2)c1. The molecule has 1 aliphatic heterocycles. The molecule has 2 aromatic carbocycles. The minimum Gasteiger partial charge on any atom is -0.366 e. The summed E-state index contributed by atoms with van der Waals surface area (Å²) in [5.74, 6) is 0.161. The molecule has 8 nitrogen and oxygen atoms in total. The smallest absolute Gasteiger partial charge is 0.250 e. The third kappa shape index (κ3) is 4.35. The lowest BCUT2D eigenvalue weighted by Gasteiger charge is -2.35. The number of hydrogen-bond donors (Lipinski definition) is 1. The Kier molecular flexibility index (Phi) is 5.70. The van der Waals surface area contributed by atoms with Crippen LogP contribution in [0.1, 0.15) is 23.6 Å². The van der Waals surface area contributed by atoms with Crippen LogP contribution in [0, 0.1) is 19.8 Å². The summed E-state index contributed by atoms with van der Waals surface area (Å²) in [6.45, 7) is 6.98. The van der Waals surface area contributed by atoms with Crippen LogP contribution < -0.4 is 5.73 Å². The zero-order valence-corrected chi connectivity index (χ0v) is 19.0. The number of aromatic nitrogens is 3. The van der Waals surface area contributed by atoms with Gasteiger partial charge in [0, 0.05) is 24.9 Å². The van der Waals surface area contributed by atoms with Crippen molar-refractivity contribution >= 4 is 27.7 Å². The molecule has 1 aromatic heterocycles. The van der Waals surface area contributed by atoms with Crippen molar-refractivity contribution in [2.75, 3.05) is 13.1 Å². The van der Waals surface area contributed by atoms with E-state index < -0.39 is 15.9 Å². The molecule has 0 saturated carbocycles. The van der Waals surface area contributed by atoms with Crippen molar-refractivity contribution in [1.29, 1.82) is 0 Å². The Labute approximate surface area is 187 Å². The van der Waals surface area contributed by atoms with Gasteiger partial charge in [-0.1, -0.05) is 36.2 Å². The lowest BCUT2D eigenvalue weighted by atomic mass is 10.1. The maximum absolute atomic E-state index is 12.8. The number of nitrogens with two attached hydrogens (primary N) is 1. The number of hydrogen-bond acceptors (Lipinski definition) is 5. The van der Waals surface area contributed by atoms with Crippen molar-refractivity contribution in [2.24, 2.45) is 11.7 Å². The number of primary amides is 1. The average molecular weight is 452 g/mol. The molecule has 0 radical (unpaired) electrons. The molecule has 2 N–H and O–H groups in total. The summed E-state index contributed by atoms with van der Waals surface area (Å²) in [6.07, 6.45) is 2.94. The summed E-state index contributed by atoms with van der Waals surface area (Å²) in [5.41, 5.74) is 9.21. The van der Waals surface area contributed by atoms with Gasteiger partial charge in [0.25, 0.3) is 5.91 Å². The molecule has 166 valence electrons. The van der Waals surface area contributed by atoms with E-state index in [0.29, 0.717) is 30.4 Å². The van der Waals surface area contributed by atoms with E-state index in [9.17, 15) is 13.2 Å². The zero-order chi connectivity index (χ0) is 23.0. The van der Waals surface area contributed by atoms with E-state index in [1.807, 2.05) is 32.9 Å². The highest BCUT2D eigenvalue weighted by atomic mass is 32.2. The van der Waals surface area contributed by atoms with Gasteiger partial charge < -0.3 is 5.73 Å². The van der Waals surface area contributed by atoms with E-state index >= 15 is 0 Å². The number of aryl methyl sites for hydroxylation is 2. The van der Waals surface area contributed by atoms with Crippen LogP contribution >= 0.6 is 0 Å². The first-order chi connectivity index (χ1) is 15.1. The van der Waals surface area contributed by atoms with Gasteiger partial charge in [0.05, 0.1) is 10.5 Å². The molecular formula is C23H25N5O3S. The normalized spacial score (nSPS) is 15.5. The van der Waals surface area contributed by atoms with Crippen molar-refractivity contribution < 1.29 is 13.2 Å². The van der Waals surface area contributed by atoms with Crippen molar-refractivity contribution in [3.05, 3.63) is 65.5 Å². The maximum atomic E-state index is 12.8. The summed E-state index contributed by atoms with van der Waals surface area (Å²) in [6, 6.07) is 12.3. The molecule has 9 heteroatoms. The molecule has 1 saturated heterocycles. The Hall–Kier alpha value is -3.30. The molecule has 3 aromatic rings. The molecule has 0 unspecified atom stereocenters. The molecule has 2 heterocycles. The van der Waals surface area contributed by atoms with E-state index in [0.717, 1.165) is 16.7 Å². The Morgan fingerprint density at radius 1 is 1.12 bits per heavy atom. The second-order valence-corrected chi connectivity index (χ2v) is 10.2. The molecule has 4 rings (SSSR count). The lowest BCUT2D eigenvalue weighted by Crippen LogP contribution is -2.48. The molecule has 0 aliphatic carbocycles. The summed E-state index contributed by atoms with van der Waals surface area (Å²) in [5, 5.41) is 4.44. The number of benzene rings is 2. The van der Waals surface area contributed by atoms with Crippen LogP contribution in [0.2, 0.25) is 0 Å². The summed E-state index contributed by atoms with van der Waals surface area (Å²) >= 11 is 0. The van der Waals surface area contributed by atoms with Gasteiger partial charge in [-0.3, -0.25) is 4.79 Å². The van der Waals surface area contributed by atoms with Crippen LogP contribution in [0.25, 0.3) is 23.2 Å². The highest BCUT2D eigenvalue weighted by molar-refractivity contribution is 7.89. The van der Waals surface area contributed by atoms with E-state index in [1.165, 1.54) is 33.6 Å².